The standard InChI is InChI=1S/C10H9NS/c1-2-4-8-7(3-1)5-9-10(8)11-6-12-9/h1-5,10-11H,6H2. The molecule has 0 saturated carbocycles. The minimum absolute atomic E-state index is 0.506. The van der Waals surface area contributed by atoms with Crippen LogP contribution in [-0.4, -0.2) is 5.88 Å². The van der Waals surface area contributed by atoms with Crippen molar-refractivity contribution in [1.29, 1.82) is 0 Å². The van der Waals surface area contributed by atoms with Crippen molar-refractivity contribution in [3.63, 3.8) is 0 Å². The van der Waals surface area contributed by atoms with Crippen molar-refractivity contribution in [3.05, 3.63) is 40.3 Å². The van der Waals surface area contributed by atoms with Crippen molar-refractivity contribution in [2.45, 2.75) is 6.04 Å². The highest BCUT2D eigenvalue weighted by molar-refractivity contribution is 8.03. The molecule has 60 valence electrons. The van der Waals surface area contributed by atoms with Gasteiger partial charge in [-0.25, -0.2) is 0 Å². The van der Waals surface area contributed by atoms with E-state index in [1.54, 1.807) is 0 Å². The maximum atomic E-state index is 3.47. The molecule has 1 nitrogen and oxygen atoms in total. The lowest BCUT2D eigenvalue weighted by Crippen LogP contribution is -2.12. The fraction of sp³-hybridized carbons (Fsp3) is 0.200. The fourth-order valence-corrected chi connectivity index (χ4v) is 2.84. The Morgan fingerprint density at radius 2 is 2.25 bits per heavy atom. The molecule has 0 spiro atoms. The zero-order valence-electron chi connectivity index (χ0n) is 6.58. The third-order valence-corrected chi connectivity index (χ3v) is 3.41. The van der Waals surface area contributed by atoms with E-state index in [9.17, 15) is 0 Å². The van der Waals surface area contributed by atoms with E-state index in [0.717, 1.165) is 5.88 Å². The Hall–Kier alpha value is -0.730. The Kier molecular flexibility index (Phi) is 1.34. The van der Waals surface area contributed by atoms with Gasteiger partial charge in [-0.2, -0.15) is 0 Å². The first-order valence-electron chi connectivity index (χ1n) is 4.12. The van der Waals surface area contributed by atoms with Gasteiger partial charge < -0.3 is 0 Å². The van der Waals surface area contributed by atoms with Crippen LogP contribution in [-0.2, 0) is 0 Å². The molecule has 1 aliphatic carbocycles. The quantitative estimate of drug-likeness (QED) is 0.649. The Labute approximate surface area is 75.9 Å². The van der Waals surface area contributed by atoms with Gasteiger partial charge in [0.05, 0.1) is 6.04 Å². The second-order valence-electron chi connectivity index (χ2n) is 3.10. The normalized spacial score (nSPS) is 25.0. The van der Waals surface area contributed by atoms with Crippen LogP contribution in [0.25, 0.3) is 6.08 Å². The molecule has 1 fully saturated rings. The summed E-state index contributed by atoms with van der Waals surface area (Å²) in [5.74, 6) is 1.06. The zero-order valence-corrected chi connectivity index (χ0v) is 7.40. The molecule has 0 bridgehead atoms. The molecule has 0 amide bonds. The monoisotopic (exact) mass is 175 g/mol. The van der Waals surface area contributed by atoms with Crippen LogP contribution < -0.4 is 5.32 Å². The van der Waals surface area contributed by atoms with Crippen LogP contribution in [0, 0.1) is 0 Å². The van der Waals surface area contributed by atoms with E-state index in [2.05, 4.69) is 35.7 Å². The molecular weight excluding hydrogens is 166 g/mol. The van der Waals surface area contributed by atoms with Gasteiger partial charge >= 0.3 is 0 Å². The molecule has 1 atom stereocenters. The van der Waals surface area contributed by atoms with Crippen LogP contribution in [0.4, 0.5) is 0 Å². The van der Waals surface area contributed by atoms with Crippen LogP contribution in [0.5, 0.6) is 0 Å². The predicted octanol–water partition coefficient (Wildman–Crippen LogP) is 2.38. The van der Waals surface area contributed by atoms with Gasteiger partial charge in [-0.05, 0) is 17.2 Å². The summed E-state index contributed by atoms with van der Waals surface area (Å²) in [7, 11) is 0. The molecule has 1 aliphatic heterocycles. The van der Waals surface area contributed by atoms with Crippen LogP contribution in [0.1, 0.15) is 17.2 Å². The third kappa shape index (κ3) is 0.793. The number of thioether (sulfide) groups is 1. The highest BCUT2D eigenvalue weighted by Crippen LogP contribution is 2.43. The summed E-state index contributed by atoms with van der Waals surface area (Å²) in [5.41, 5.74) is 2.83. The van der Waals surface area contributed by atoms with Crippen LogP contribution in [0.2, 0.25) is 0 Å². The maximum Gasteiger partial charge on any atom is 0.0649 e. The summed E-state index contributed by atoms with van der Waals surface area (Å²) >= 11 is 1.92. The van der Waals surface area contributed by atoms with Crippen molar-refractivity contribution in [1.82, 2.24) is 5.32 Å². The van der Waals surface area contributed by atoms with E-state index in [1.807, 2.05) is 11.8 Å². The van der Waals surface area contributed by atoms with Crippen LogP contribution >= 0.6 is 11.8 Å². The molecule has 1 unspecified atom stereocenters. The molecular formula is C10H9NS. The highest BCUT2D eigenvalue weighted by Gasteiger charge is 2.28. The van der Waals surface area contributed by atoms with E-state index < -0.39 is 0 Å². The first-order valence-corrected chi connectivity index (χ1v) is 5.10. The fourth-order valence-electron chi connectivity index (χ4n) is 1.84. The molecule has 1 N–H and O–H groups in total. The van der Waals surface area contributed by atoms with Gasteiger partial charge in [0.25, 0.3) is 0 Å². The van der Waals surface area contributed by atoms with Gasteiger partial charge in [0, 0.05) is 10.8 Å². The summed E-state index contributed by atoms with van der Waals surface area (Å²) < 4.78 is 0. The molecule has 1 heterocycles. The highest BCUT2D eigenvalue weighted by atomic mass is 32.2. The molecule has 1 saturated heterocycles. The molecule has 3 rings (SSSR count). The van der Waals surface area contributed by atoms with Crippen LogP contribution in [0.15, 0.2) is 29.2 Å². The molecule has 0 radical (unpaired) electrons. The van der Waals surface area contributed by atoms with Gasteiger partial charge in [-0.3, -0.25) is 5.32 Å². The molecule has 1 aromatic carbocycles. The van der Waals surface area contributed by atoms with Gasteiger partial charge in [0.15, 0.2) is 0 Å². The number of benzene rings is 1. The minimum atomic E-state index is 0.506. The van der Waals surface area contributed by atoms with Gasteiger partial charge in [0.1, 0.15) is 0 Å². The first-order chi connectivity index (χ1) is 5.95. The second-order valence-corrected chi connectivity index (χ2v) is 4.15. The molecule has 2 heteroatoms. The van der Waals surface area contributed by atoms with Crippen molar-refractivity contribution < 1.29 is 0 Å². The molecule has 12 heavy (non-hydrogen) atoms. The van der Waals surface area contributed by atoms with Gasteiger partial charge in [0.2, 0.25) is 0 Å². The summed E-state index contributed by atoms with van der Waals surface area (Å²) in [6, 6.07) is 9.11. The average molecular weight is 175 g/mol. The van der Waals surface area contributed by atoms with Crippen molar-refractivity contribution >= 4 is 17.8 Å². The summed E-state index contributed by atoms with van der Waals surface area (Å²) in [6.45, 7) is 0. The maximum absolute atomic E-state index is 3.47. The lowest BCUT2D eigenvalue weighted by molar-refractivity contribution is 0.724. The number of hydrogen-bond acceptors (Lipinski definition) is 2. The Morgan fingerprint density at radius 1 is 1.33 bits per heavy atom. The van der Waals surface area contributed by atoms with Crippen molar-refractivity contribution in [3.8, 4) is 0 Å². The minimum Gasteiger partial charge on any atom is -0.296 e. The SMILES string of the molecule is C1=C2SCNC2c2ccccc21. The van der Waals surface area contributed by atoms with E-state index >= 15 is 0 Å². The lowest BCUT2D eigenvalue weighted by Gasteiger charge is -2.06. The Bertz CT molecular complexity index is 357. The number of rotatable bonds is 0. The van der Waals surface area contributed by atoms with E-state index in [4.69, 9.17) is 0 Å². The topological polar surface area (TPSA) is 12.0 Å². The summed E-state index contributed by atoms with van der Waals surface area (Å²) in [4.78, 5) is 1.48. The largest absolute Gasteiger partial charge is 0.296 e. The third-order valence-electron chi connectivity index (χ3n) is 2.42. The van der Waals surface area contributed by atoms with E-state index in [-0.39, 0.29) is 0 Å². The van der Waals surface area contributed by atoms with Gasteiger partial charge in [-0.15, -0.1) is 11.8 Å². The van der Waals surface area contributed by atoms with Crippen molar-refractivity contribution in [2.24, 2.45) is 0 Å². The second kappa shape index (κ2) is 2.38. The smallest absolute Gasteiger partial charge is 0.0649 e. The lowest BCUT2D eigenvalue weighted by atomic mass is 10.1. The van der Waals surface area contributed by atoms with Crippen LogP contribution in [0.3, 0.4) is 0 Å². The van der Waals surface area contributed by atoms with E-state index in [1.165, 1.54) is 16.0 Å². The average Bonchev–Trinajstić information content (AvgIpc) is 2.62. The number of hydrogen-bond donors (Lipinski definition) is 1. The zero-order chi connectivity index (χ0) is 7.97. The first kappa shape index (κ1) is 6.75. The Morgan fingerprint density at radius 3 is 3.25 bits per heavy atom. The summed E-state index contributed by atoms with van der Waals surface area (Å²) in [6.07, 6.45) is 2.30. The van der Waals surface area contributed by atoms with Gasteiger partial charge in [-0.1, -0.05) is 24.3 Å². The molecule has 2 aliphatic rings. The molecule has 1 aromatic rings. The van der Waals surface area contributed by atoms with E-state index in [0.29, 0.717) is 6.04 Å². The van der Waals surface area contributed by atoms with Crippen molar-refractivity contribution in [2.75, 3.05) is 5.88 Å². The predicted molar refractivity (Wildman–Crippen MR) is 52.8 cm³/mol. The number of fused-ring (bicyclic) bond motifs is 3. The summed E-state index contributed by atoms with van der Waals surface area (Å²) in [5, 5.41) is 3.47. The molecule has 0 aromatic heterocycles. The Balaban J connectivity index is 2.18. The number of nitrogens with one attached hydrogen (secondary N) is 1.